The number of aryl methyl sites for hydroxylation is 1. The first-order valence-corrected chi connectivity index (χ1v) is 11.0. The summed E-state index contributed by atoms with van der Waals surface area (Å²) in [5.41, 5.74) is -1.04. The largest absolute Gasteiger partial charge is 0.407 e. The summed E-state index contributed by atoms with van der Waals surface area (Å²) in [6.45, 7) is 3.48. The van der Waals surface area contributed by atoms with E-state index in [1.165, 1.54) is 25.1 Å². The highest BCUT2D eigenvalue weighted by molar-refractivity contribution is 7.89. The molecule has 0 aromatic heterocycles. The number of carbonyl (C=O) groups is 1. The van der Waals surface area contributed by atoms with Crippen molar-refractivity contribution in [2.24, 2.45) is 0 Å². The molecule has 156 valence electrons. The van der Waals surface area contributed by atoms with Gasteiger partial charge in [0, 0.05) is 25.7 Å². The van der Waals surface area contributed by atoms with Crippen LogP contribution >= 0.6 is 0 Å². The van der Waals surface area contributed by atoms with Crippen molar-refractivity contribution in [3.8, 4) is 0 Å². The van der Waals surface area contributed by atoms with E-state index in [4.69, 9.17) is 0 Å². The number of alkyl halides is 3. The predicted octanol–water partition coefficient (Wildman–Crippen LogP) is 3.87. The average Bonchev–Trinajstić information content (AvgIpc) is 3.06. The minimum absolute atomic E-state index is 0.136. The van der Waals surface area contributed by atoms with E-state index in [0.717, 1.165) is 0 Å². The molecule has 0 radical (unpaired) electrons. The average molecular weight is 418 g/mol. The number of carbonyl (C=O) groups excluding carboxylic acids is 1. The van der Waals surface area contributed by atoms with Crippen molar-refractivity contribution in [3.05, 3.63) is 23.8 Å². The molecule has 1 aromatic carbocycles. The number of hydrogen-bond donors (Lipinski definition) is 0. The van der Waals surface area contributed by atoms with Crippen LogP contribution in [0.15, 0.2) is 23.1 Å². The van der Waals surface area contributed by atoms with E-state index < -0.39 is 21.7 Å². The summed E-state index contributed by atoms with van der Waals surface area (Å²) in [6.07, 6.45) is -3.41. The van der Waals surface area contributed by atoms with Crippen molar-refractivity contribution < 1.29 is 26.4 Å². The molecule has 1 fully saturated rings. The molecule has 1 saturated heterocycles. The second kappa shape index (κ2) is 7.33. The van der Waals surface area contributed by atoms with Crippen LogP contribution in [0.25, 0.3) is 0 Å². The van der Waals surface area contributed by atoms with Gasteiger partial charge in [0.25, 0.3) is 0 Å². The molecule has 1 amide bonds. The third-order valence-electron chi connectivity index (χ3n) is 5.76. The van der Waals surface area contributed by atoms with Gasteiger partial charge in [-0.1, -0.05) is 13.3 Å². The fraction of sp³-hybridized carbons (Fsp3) is 0.632. The number of amides is 1. The molecular weight excluding hydrogens is 393 g/mol. The van der Waals surface area contributed by atoms with Gasteiger partial charge in [-0.15, -0.1) is 0 Å². The van der Waals surface area contributed by atoms with E-state index in [9.17, 15) is 26.4 Å². The summed E-state index contributed by atoms with van der Waals surface area (Å²) in [6, 6.07) is 4.29. The second-order valence-corrected chi connectivity index (χ2v) is 9.39. The normalized spacial score (nSPS) is 23.7. The Balaban J connectivity index is 2.04. The standard InChI is InChI=1S/C19H25F3N2O3S/c1-3-9-18(19(20,21)22)10-5-12-24(18)28(26,27)16-7-8-17-15(13-16)6-4-11-23(17)14(2)25/h7-8,13H,3-6,9-12H2,1-2H3/t18-/m1/s1. The van der Waals surface area contributed by atoms with Gasteiger partial charge in [0.05, 0.1) is 4.90 Å². The van der Waals surface area contributed by atoms with Crippen LogP contribution in [-0.2, 0) is 21.2 Å². The Morgan fingerprint density at radius 1 is 1.21 bits per heavy atom. The van der Waals surface area contributed by atoms with Gasteiger partial charge >= 0.3 is 6.18 Å². The molecule has 0 saturated carbocycles. The van der Waals surface area contributed by atoms with Crippen molar-refractivity contribution in [2.45, 2.75) is 69.0 Å². The molecule has 5 nitrogen and oxygen atoms in total. The van der Waals surface area contributed by atoms with E-state index in [1.54, 1.807) is 11.8 Å². The second-order valence-electron chi connectivity index (χ2n) is 7.52. The fourth-order valence-corrected chi connectivity index (χ4v) is 6.38. The minimum Gasteiger partial charge on any atom is -0.312 e. The van der Waals surface area contributed by atoms with E-state index in [0.29, 0.717) is 34.9 Å². The predicted molar refractivity (Wildman–Crippen MR) is 99.6 cm³/mol. The first-order valence-electron chi connectivity index (χ1n) is 9.55. The lowest BCUT2D eigenvalue weighted by atomic mass is 9.91. The SMILES string of the molecule is CCC[C@]1(C(F)(F)F)CCCN1S(=O)(=O)c1ccc2c(c1)CCCN2C(C)=O. The van der Waals surface area contributed by atoms with Crippen molar-refractivity contribution in [1.82, 2.24) is 4.31 Å². The van der Waals surface area contributed by atoms with Gasteiger partial charge in [-0.3, -0.25) is 4.79 Å². The summed E-state index contributed by atoms with van der Waals surface area (Å²) in [4.78, 5) is 13.2. The number of fused-ring (bicyclic) bond motifs is 1. The highest BCUT2D eigenvalue weighted by atomic mass is 32.2. The molecule has 3 rings (SSSR count). The zero-order valence-corrected chi connectivity index (χ0v) is 16.9. The summed E-state index contributed by atoms with van der Waals surface area (Å²) in [7, 11) is -4.31. The van der Waals surface area contributed by atoms with Gasteiger partial charge in [0.15, 0.2) is 0 Å². The molecule has 0 aliphatic carbocycles. The van der Waals surface area contributed by atoms with E-state index in [2.05, 4.69) is 0 Å². The lowest BCUT2D eigenvalue weighted by Crippen LogP contribution is -2.57. The third-order valence-corrected chi connectivity index (χ3v) is 7.72. The van der Waals surface area contributed by atoms with Gasteiger partial charge in [-0.2, -0.15) is 17.5 Å². The number of nitrogens with zero attached hydrogens (tertiary/aromatic N) is 2. The lowest BCUT2D eigenvalue weighted by molar-refractivity contribution is -0.212. The third kappa shape index (κ3) is 3.32. The van der Waals surface area contributed by atoms with Crippen molar-refractivity contribution in [2.75, 3.05) is 18.0 Å². The number of rotatable bonds is 4. The van der Waals surface area contributed by atoms with Gasteiger partial charge in [0.2, 0.25) is 15.9 Å². The highest BCUT2D eigenvalue weighted by Gasteiger charge is 2.63. The highest BCUT2D eigenvalue weighted by Crippen LogP contribution is 2.48. The first-order chi connectivity index (χ1) is 13.0. The molecule has 0 unspecified atom stereocenters. The van der Waals surface area contributed by atoms with Crippen LogP contribution in [0.3, 0.4) is 0 Å². The maximum absolute atomic E-state index is 14.0. The summed E-state index contributed by atoms with van der Waals surface area (Å²) >= 11 is 0. The molecule has 1 atom stereocenters. The van der Waals surface area contributed by atoms with E-state index in [-0.39, 0.29) is 43.0 Å². The minimum atomic E-state index is -4.63. The Morgan fingerprint density at radius 3 is 2.54 bits per heavy atom. The Bertz CT molecular complexity index is 870. The summed E-state index contributed by atoms with van der Waals surface area (Å²) < 4.78 is 69.0. The quantitative estimate of drug-likeness (QED) is 0.746. The van der Waals surface area contributed by atoms with Crippen LogP contribution in [0.2, 0.25) is 0 Å². The smallest absolute Gasteiger partial charge is 0.312 e. The zero-order valence-electron chi connectivity index (χ0n) is 16.1. The van der Waals surface area contributed by atoms with Crippen molar-refractivity contribution in [3.63, 3.8) is 0 Å². The summed E-state index contributed by atoms with van der Waals surface area (Å²) in [5.74, 6) is -0.143. The Labute approximate surface area is 163 Å². The zero-order chi connectivity index (χ0) is 20.7. The van der Waals surface area contributed by atoms with Gasteiger partial charge in [0.1, 0.15) is 5.54 Å². The van der Waals surface area contributed by atoms with Crippen LogP contribution in [0.4, 0.5) is 18.9 Å². The molecule has 2 aliphatic heterocycles. The molecule has 2 heterocycles. The Morgan fingerprint density at radius 2 is 1.93 bits per heavy atom. The van der Waals surface area contributed by atoms with Gasteiger partial charge < -0.3 is 4.90 Å². The maximum atomic E-state index is 14.0. The van der Waals surface area contributed by atoms with E-state index in [1.807, 2.05) is 0 Å². The van der Waals surface area contributed by atoms with Crippen LogP contribution < -0.4 is 4.90 Å². The van der Waals surface area contributed by atoms with Crippen LogP contribution in [-0.4, -0.2) is 43.4 Å². The summed E-state index contributed by atoms with van der Waals surface area (Å²) in [5, 5.41) is 0. The Kier molecular flexibility index (Phi) is 5.53. The lowest BCUT2D eigenvalue weighted by Gasteiger charge is -2.39. The molecule has 0 spiro atoms. The van der Waals surface area contributed by atoms with Crippen molar-refractivity contribution in [1.29, 1.82) is 0 Å². The van der Waals surface area contributed by atoms with Gasteiger partial charge in [-0.25, -0.2) is 8.42 Å². The first kappa shape index (κ1) is 21.1. The monoisotopic (exact) mass is 418 g/mol. The maximum Gasteiger partial charge on any atom is 0.407 e. The number of anilines is 1. The number of benzene rings is 1. The van der Waals surface area contributed by atoms with E-state index >= 15 is 0 Å². The molecule has 0 bridgehead atoms. The number of halogens is 3. The molecular formula is C19H25F3N2O3S. The van der Waals surface area contributed by atoms with Gasteiger partial charge in [-0.05, 0) is 55.9 Å². The molecule has 9 heteroatoms. The molecule has 2 aliphatic rings. The fourth-order valence-electron chi connectivity index (χ4n) is 4.48. The number of hydrogen-bond acceptors (Lipinski definition) is 3. The van der Waals surface area contributed by atoms with Crippen LogP contribution in [0.1, 0.15) is 51.5 Å². The van der Waals surface area contributed by atoms with Crippen LogP contribution in [0, 0.1) is 0 Å². The Hall–Kier alpha value is -1.61. The van der Waals surface area contributed by atoms with Crippen molar-refractivity contribution >= 4 is 21.6 Å². The number of sulfonamides is 1. The molecule has 1 aromatic rings. The molecule has 0 N–H and O–H groups in total. The van der Waals surface area contributed by atoms with Crippen LogP contribution in [0.5, 0.6) is 0 Å². The molecule has 28 heavy (non-hydrogen) atoms. The topological polar surface area (TPSA) is 57.7 Å².